The molecule has 3 N–H and O–H groups in total. The minimum Gasteiger partial charge on any atom is -0.495 e. The maximum atomic E-state index is 12.2. The average molecular weight is 481 g/mol. The van der Waals surface area contributed by atoms with Crippen LogP contribution in [0.1, 0.15) is 32.1 Å². The van der Waals surface area contributed by atoms with Crippen molar-refractivity contribution in [2.75, 3.05) is 26.0 Å². The van der Waals surface area contributed by atoms with Gasteiger partial charge in [-0.25, -0.2) is 4.99 Å². The molecule has 0 aliphatic heterocycles. The van der Waals surface area contributed by atoms with E-state index in [4.69, 9.17) is 22.1 Å². The van der Waals surface area contributed by atoms with Gasteiger partial charge < -0.3 is 20.7 Å². The number of hydrogen-bond donors (Lipinski definition) is 2. The van der Waals surface area contributed by atoms with Crippen LogP contribution in [0.5, 0.6) is 5.75 Å². The van der Waals surface area contributed by atoms with Crippen LogP contribution in [0.2, 0.25) is 5.02 Å². The number of benzene rings is 1. The van der Waals surface area contributed by atoms with Gasteiger partial charge in [-0.3, -0.25) is 4.79 Å². The van der Waals surface area contributed by atoms with Crippen molar-refractivity contribution < 1.29 is 9.53 Å². The normalized spacial score (nSPS) is 15.2. The molecule has 0 heterocycles. The Bertz CT molecular complexity index is 606. The number of nitrogens with one attached hydrogen (secondary N) is 1. The molecule has 1 saturated carbocycles. The lowest BCUT2D eigenvalue weighted by Gasteiger charge is -2.30. The maximum Gasteiger partial charge on any atom is 0.244 e. The van der Waals surface area contributed by atoms with E-state index in [1.54, 1.807) is 30.2 Å². The molecule has 0 unspecified atom stereocenters. The number of likely N-dealkylation sites (N-methyl/N-ethyl adjacent to an activating group) is 1. The molecule has 1 aromatic rings. The molecule has 1 aliphatic rings. The van der Waals surface area contributed by atoms with E-state index in [2.05, 4.69) is 10.3 Å². The van der Waals surface area contributed by atoms with Crippen LogP contribution in [0.3, 0.4) is 0 Å². The number of carbonyl (C=O) groups excluding carboxylic acids is 1. The van der Waals surface area contributed by atoms with Crippen LogP contribution < -0.4 is 15.8 Å². The summed E-state index contributed by atoms with van der Waals surface area (Å²) in [5, 5.41) is 3.40. The van der Waals surface area contributed by atoms with Gasteiger partial charge in [-0.2, -0.15) is 0 Å². The van der Waals surface area contributed by atoms with Crippen LogP contribution in [0.4, 0.5) is 5.69 Å². The molecule has 0 bridgehead atoms. The number of halogens is 2. The SMILES string of the molecule is COc1ccc(NC(N)=NCC(=O)N(C)C2CCCCC2)cc1Cl.I. The van der Waals surface area contributed by atoms with Crippen molar-refractivity contribution in [1.82, 2.24) is 4.90 Å². The molecular formula is C17H26ClIN4O2. The van der Waals surface area contributed by atoms with Gasteiger partial charge in [0.25, 0.3) is 0 Å². The zero-order valence-electron chi connectivity index (χ0n) is 14.6. The van der Waals surface area contributed by atoms with E-state index in [1.165, 1.54) is 19.3 Å². The van der Waals surface area contributed by atoms with Crippen molar-refractivity contribution in [2.24, 2.45) is 10.7 Å². The first-order chi connectivity index (χ1) is 11.5. The minimum absolute atomic E-state index is 0. The molecule has 0 aromatic heterocycles. The molecule has 6 nitrogen and oxygen atoms in total. The summed E-state index contributed by atoms with van der Waals surface area (Å²) in [4.78, 5) is 18.2. The molecule has 1 aliphatic carbocycles. The highest BCUT2D eigenvalue weighted by atomic mass is 127. The predicted octanol–water partition coefficient (Wildman–Crippen LogP) is 3.48. The van der Waals surface area contributed by atoms with Gasteiger partial charge in [0.1, 0.15) is 12.3 Å². The summed E-state index contributed by atoms with van der Waals surface area (Å²) in [6.45, 7) is 0.0374. The second-order valence-corrected chi connectivity index (χ2v) is 6.38. The number of anilines is 1. The number of aliphatic imine (C=N–C) groups is 1. The molecule has 0 atom stereocenters. The largest absolute Gasteiger partial charge is 0.495 e. The molecule has 1 fully saturated rings. The highest BCUT2D eigenvalue weighted by Crippen LogP contribution is 2.27. The van der Waals surface area contributed by atoms with E-state index in [-0.39, 0.29) is 42.4 Å². The topological polar surface area (TPSA) is 80.0 Å². The third-order valence-electron chi connectivity index (χ3n) is 4.32. The lowest BCUT2D eigenvalue weighted by atomic mass is 9.94. The fourth-order valence-electron chi connectivity index (χ4n) is 2.87. The number of hydrogen-bond acceptors (Lipinski definition) is 3. The van der Waals surface area contributed by atoms with Gasteiger partial charge in [0.15, 0.2) is 5.96 Å². The Labute approximate surface area is 171 Å². The second-order valence-electron chi connectivity index (χ2n) is 5.97. The first kappa shape index (κ1) is 21.8. The lowest BCUT2D eigenvalue weighted by molar-refractivity contribution is -0.130. The van der Waals surface area contributed by atoms with Gasteiger partial charge >= 0.3 is 0 Å². The van der Waals surface area contributed by atoms with Gasteiger partial charge in [0.05, 0.1) is 12.1 Å². The van der Waals surface area contributed by atoms with E-state index in [9.17, 15) is 4.79 Å². The number of rotatable bonds is 5. The molecule has 2 rings (SSSR count). The summed E-state index contributed by atoms with van der Waals surface area (Å²) in [6, 6.07) is 5.54. The van der Waals surface area contributed by atoms with E-state index >= 15 is 0 Å². The van der Waals surface area contributed by atoms with E-state index in [0.717, 1.165) is 12.8 Å². The van der Waals surface area contributed by atoms with Crippen LogP contribution in [-0.2, 0) is 4.79 Å². The molecule has 140 valence electrons. The smallest absolute Gasteiger partial charge is 0.244 e. The second kappa shape index (κ2) is 10.7. The number of nitrogens with two attached hydrogens (primary N) is 1. The van der Waals surface area contributed by atoms with Gasteiger partial charge in [-0.15, -0.1) is 24.0 Å². The monoisotopic (exact) mass is 480 g/mol. The van der Waals surface area contributed by atoms with E-state index in [1.807, 2.05) is 7.05 Å². The summed E-state index contributed by atoms with van der Waals surface area (Å²) in [6.07, 6.45) is 5.78. The molecule has 0 radical (unpaired) electrons. The number of amides is 1. The van der Waals surface area contributed by atoms with Crippen LogP contribution in [0, 0.1) is 0 Å². The summed E-state index contributed by atoms with van der Waals surface area (Å²) in [5.41, 5.74) is 6.54. The van der Waals surface area contributed by atoms with Crippen LogP contribution in [0.25, 0.3) is 0 Å². The summed E-state index contributed by atoms with van der Waals surface area (Å²) in [5.74, 6) is 0.753. The van der Waals surface area contributed by atoms with Crippen molar-refractivity contribution in [1.29, 1.82) is 0 Å². The number of guanidine groups is 1. The van der Waals surface area contributed by atoms with Gasteiger partial charge in [-0.1, -0.05) is 30.9 Å². The Morgan fingerprint density at radius 3 is 2.68 bits per heavy atom. The zero-order chi connectivity index (χ0) is 17.5. The van der Waals surface area contributed by atoms with Crippen molar-refractivity contribution in [3.8, 4) is 5.75 Å². The highest BCUT2D eigenvalue weighted by molar-refractivity contribution is 14.0. The first-order valence-corrected chi connectivity index (χ1v) is 8.55. The van der Waals surface area contributed by atoms with Gasteiger partial charge in [-0.05, 0) is 31.0 Å². The molecule has 1 aromatic carbocycles. The first-order valence-electron chi connectivity index (χ1n) is 8.17. The fourth-order valence-corrected chi connectivity index (χ4v) is 3.13. The van der Waals surface area contributed by atoms with E-state index < -0.39 is 0 Å². The molecule has 25 heavy (non-hydrogen) atoms. The Balaban J connectivity index is 0.00000312. The molecular weight excluding hydrogens is 455 g/mol. The average Bonchev–Trinajstić information content (AvgIpc) is 2.60. The standard InChI is InChI=1S/C17H25ClN4O2.HI/c1-22(13-6-4-3-5-7-13)16(23)11-20-17(19)21-12-8-9-15(24-2)14(18)10-12;/h8-10,13H,3-7,11H2,1-2H3,(H3,19,20,21);1H. The molecule has 0 saturated heterocycles. The fraction of sp³-hybridized carbons (Fsp3) is 0.529. The maximum absolute atomic E-state index is 12.2. The predicted molar refractivity (Wildman–Crippen MR) is 113 cm³/mol. The Morgan fingerprint density at radius 2 is 2.08 bits per heavy atom. The molecule has 8 heteroatoms. The summed E-state index contributed by atoms with van der Waals surface area (Å²) in [7, 11) is 3.40. The van der Waals surface area contributed by atoms with Crippen LogP contribution in [-0.4, -0.2) is 43.5 Å². The van der Waals surface area contributed by atoms with Crippen LogP contribution in [0.15, 0.2) is 23.2 Å². The number of methoxy groups -OCH3 is 1. The van der Waals surface area contributed by atoms with Gasteiger partial charge in [0, 0.05) is 18.8 Å². The van der Waals surface area contributed by atoms with Crippen LogP contribution >= 0.6 is 35.6 Å². The molecule has 1 amide bonds. The number of nitrogens with zero attached hydrogens (tertiary/aromatic N) is 2. The van der Waals surface area contributed by atoms with Crippen molar-refractivity contribution in [2.45, 2.75) is 38.1 Å². The highest BCUT2D eigenvalue weighted by Gasteiger charge is 2.21. The Morgan fingerprint density at radius 1 is 1.40 bits per heavy atom. The Kier molecular flexibility index (Phi) is 9.34. The van der Waals surface area contributed by atoms with Crippen molar-refractivity contribution in [3.05, 3.63) is 23.2 Å². The summed E-state index contributed by atoms with van der Waals surface area (Å²) < 4.78 is 5.10. The van der Waals surface area contributed by atoms with Crippen molar-refractivity contribution >= 4 is 53.1 Å². The minimum atomic E-state index is -0.0144. The third kappa shape index (κ3) is 6.54. The third-order valence-corrected chi connectivity index (χ3v) is 4.62. The van der Waals surface area contributed by atoms with Gasteiger partial charge in [0.2, 0.25) is 5.91 Å². The number of ether oxygens (including phenoxy) is 1. The van der Waals surface area contributed by atoms with E-state index in [0.29, 0.717) is 22.5 Å². The lowest BCUT2D eigenvalue weighted by Crippen LogP contribution is -2.40. The zero-order valence-corrected chi connectivity index (χ0v) is 17.7. The molecule has 0 spiro atoms. The quantitative estimate of drug-likeness (QED) is 0.384. The van der Waals surface area contributed by atoms with Crippen molar-refractivity contribution in [3.63, 3.8) is 0 Å². The summed E-state index contributed by atoms with van der Waals surface area (Å²) >= 11 is 6.06. The number of carbonyl (C=O) groups is 1. The Hall–Kier alpha value is -1.22.